The van der Waals surface area contributed by atoms with Crippen molar-refractivity contribution in [3.05, 3.63) is 74.2 Å². The number of hydrogen-bond acceptors (Lipinski definition) is 4. The maximum absolute atomic E-state index is 13.1. The minimum absolute atomic E-state index is 0.138. The Hall–Kier alpha value is -2.71. The zero-order valence-electron chi connectivity index (χ0n) is 17.0. The highest BCUT2D eigenvalue weighted by Crippen LogP contribution is 2.33. The number of imide groups is 2. The number of allylic oxidation sites excluding steroid dienone is 1. The van der Waals surface area contributed by atoms with E-state index in [4.69, 9.17) is 4.74 Å². The molecule has 160 valence electrons. The third-order valence-electron chi connectivity index (χ3n) is 4.61. The first kappa shape index (κ1) is 23.0. The minimum Gasteiger partial charge on any atom is -0.492 e. The fraction of sp³-hybridized carbons (Fsp3) is 0.174. The summed E-state index contributed by atoms with van der Waals surface area (Å²) in [7, 11) is 0. The molecule has 2 aromatic rings. The number of nitrogens with one attached hydrogen (secondary N) is 1. The lowest BCUT2D eigenvalue weighted by Crippen LogP contribution is -2.54. The Morgan fingerprint density at radius 2 is 1.87 bits per heavy atom. The summed E-state index contributed by atoms with van der Waals surface area (Å²) in [6.07, 6.45) is 3.76. The van der Waals surface area contributed by atoms with Crippen molar-refractivity contribution in [1.82, 2.24) is 5.32 Å². The third kappa shape index (κ3) is 4.80. The van der Waals surface area contributed by atoms with Crippen LogP contribution in [0, 0.1) is 6.92 Å². The molecule has 0 saturated carbocycles. The standard InChI is InChI=1S/C23H20Br2N2O4/c1-4-6-15-10-14(12-19(25)20(15)31-5-2)11-17-21(28)26-23(30)27(22(17)29)16-7-8-18(24)13(3)9-16/h4,7-12H,1,5-6H2,2-3H3,(H,26,28,30)/b17-11+. The third-order valence-corrected chi connectivity index (χ3v) is 6.09. The Kier molecular flexibility index (Phi) is 7.12. The summed E-state index contributed by atoms with van der Waals surface area (Å²) < 4.78 is 7.24. The quantitative estimate of drug-likeness (QED) is 0.302. The Morgan fingerprint density at radius 1 is 1.13 bits per heavy atom. The second kappa shape index (κ2) is 9.62. The van der Waals surface area contributed by atoms with E-state index in [1.165, 1.54) is 6.08 Å². The number of urea groups is 1. The molecule has 0 aromatic heterocycles. The number of aryl methyl sites for hydroxylation is 1. The first-order valence-electron chi connectivity index (χ1n) is 9.50. The van der Waals surface area contributed by atoms with Crippen LogP contribution in [-0.2, 0) is 16.0 Å². The summed E-state index contributed by atoms with van der Waals surface area (Å²) in [5.41, 5.74) is 2.57. The van der Waals surface area contributed by atoms with Crippen molar-refractivity contribution in [3.63, 3.8) is 0 Å². The van der Waals surface area contributed by atoms with Gasteiger partial charge in [0, 0.05) is 4.47 Å². The highest BCUT2D eigenvalue weighted by molar-refractivity contribution is 9.10. The van der Waals surface area contributed by atoms with Gasteiger partial charge in [-0.3, -0.25) is 14.9 Å². The van der Waals surface area contributed by atoms with Crippen molar-refractivity contribution in [1.29, 1.82) is 0 Å². The molecule has 1 fully saturated rings. The highest BCUT2D eigenvalue weighted by atomic mass is 79.9. The number of halogens is 2. The van der Waals surface area contributed by atoms with Crippen LogP contribution in [-0.4, -0.2) is 24.5 Å². The lowest BCUT2D eigenvalue weighted by Gasteiger charge is -2.26. The molecule has 4 amide bonds. The topological polar surface area (TPSA) is 75.7 Å². The number of anilines is 1. The Balaban J connectivity index is 2.05. The van der Waals surface area contributed by atoms with E-state index in [0.29, 0.717) is 34.5 Å². The SMILES string of the molecule is C=CCc1cc(/C=C2\C(=O)NC(=O)N(c3ccc(Br)c(C)c3)C2=O)cc(Br)c1OCC. The van der Waals surface area contributed by atoms with E-state index in [1.807, 2.05) is 19.9 Å². The zero-order chi connectivity index (χ0) is 22.7. The summed E-state index contributed by atoms with van der Waals surface area (Å²) >= 11 is 6.90. The van der Waals surface area contributed by atoms with Crippen molar-refractivity contribution >= 4 is 61.5 Å². The molecule has 6 nitrogen and oxygen atoms in total. The predicted octanol–water partition coefficient (Wildman–Crippen LogP) is 5.31. The first-order valence-corrected chi connectivity index (χ1v) is 11.1. The van der Waals surface area contributed by atoms with Gasteiger partial charge in [-0.2, -0.15) is 0 Å². The van der Waals surface area contributed by atoms with Crippen molar-refractivity contribution in [2.45, 2.75) is 20.3 Å². The van der Waals surface area contributed by atoms with Gasteiger partial charge in [0.2, 0.25) is 0 Å². The number of ether oxygens (including phenoxy) is 1. The average molecular weight is 548 g/mol. The van der Waals surface area contributed by atoms with Gasteiger partial charge < -0.3 is 4.74 Å². The highest BCUT2D eigenvalue weighted by Gasteiger charge is 2.37. The molecule has 1 saturated heterocycles. The molecule has 0 spiro atoms. The molecule has 3 rings (SSSR count). The van der Waals surface area contributed by atoms with Crippen LogP contribution in [0.4, 0.5) is 10.5 Å². The molecule has 31 heavy (non-hydrogen) atoms. The van der Waals surface area contributed by atoms with E-state index >= 15 is 0 Å². The van der Waals surface area contributed by atoms with Crippen LogP contribution < -0.4 is 15.0 Å². The Morgan fingerprint density at radius 3 is 2.52 bits per heavy atom. The number of barbiturate groups is 1. The van der Waals surface area contributed by atoms with Crippen LogP contribution in [0.25, 0.3) is 6.08 Å². The van der Waals surface area contributed by atoms with Crippen LogP contribution in [0.1, 0.15) is 23.6 Å². The van der Waals surface area contributed by atoms with Gasteiger partial charge in [-0.25, -0.2) is 9.69 Å². The van der Waals surface area contributed by atoms with Gasteiger partial charge in [0.05, 0.1) is 16.8 Å². The van der Waals surface area contributed by atoms with Crippen molar-refractivity contribution < 1.29 is 19.1 Å². The smallest absolute Gasteiger partial charge is 0.335 e. The summed E-state index contributed by atoms with van der Waals surface area (Å²) in [6.45, 7) is 8.00. The molecule has 0 unspecified atom stereocenters. The largest absolute Gasteiger partial charge is 0.492 e. The number of carbonyl (C=O) groups excluding carboxylic acids is 3. The molecule has 1 aliphatic heterocycles. The summed E-state index contributed by atoms with van der Waals surface area (Å²) in [5, 5.41) is 2.24. The number of amides is 4. The van der Waals surface area contributed by atoms with Crippen molar-refractivity contribution in [2.24, 2.45) is 0 Å². The van der Waals surface area contributed by atoms with Crippen LogP contribution in [0.15, 0.2) is 57.5 Å². The number of nitrogens with zero attached hydrogens (tertiary/aromatic N) is 1. The molecule has 0 aliphatic carbocycles. The Labute approximate surface area is 197 Å². The molecule has 1 N–H and O–H groups in total. The maximum Gasteiger partial charge on any atom is 0.335 e. The molecule has 0 atom stereocenters. The normalized spacial score (nSPS) is 15.3. The second-order valence-corrected chi connectivity index (χ2v) is 8.52. The van der Waals surface area contributed by atoms with E-state index in [0.717, 1.165) is 20.5 Å². The molecule has 8 heteroatoms. The van der Waals surface area contributed by atoms with Gasteiger partial charge in [-0.1, -0.05) is 22.0 Å². The van der Waals surface area contributed by atoms with E-state index in [-0.39, 0.29) is 5.57 Å². The molecule has 2 aromatic carbocycles. The van der Waals surface area contributed by atoms with Gasteiger partial charge in [-0.05, 0) is 89.3 Å². The number of rotatable bonds is 6. The number of carbonyl (C=O) groups is 3. The summed E-state index contributed by atoms with van der Waals surface area (Å²) in [6, 6.07) is 7.89. The van der Waals surface area contributed by atoms with Gasteiger partial charge in [-0.15, -0.1) is 6.58 Å². The maximum atomic E-state index is 13.1. The van der Waals surface area contributed by atoms with Crippen LogP contribution >= 0.6 is 31.9 Å². The van der Waals surface area contributed by atoms with Crippen LogP contribution in [0.3, 0.4) is 0 Å². The first-order chi connectivity index (χ1) is 14.8. The average Bonchev–Trinajstić information content (AvgIpc) is 2.70. The van der Waals surface area contributed by atoms with Crippen LogP contribution in [0.2, 0.25) is 0 Å². The molecular formula is C23H20Br2N2O4. The second-order valence-electron chi connectivity index (χ2n) is 6.81. The zero-order valence-corrected chi connectivity index (χ0v) is 20.2. The van der Waals surface area contributed by atoms with Crippen molar-refractivity contribution in [3.8, 4) is 5.75 Å². The van der Waals surface area contributed by atoms with Gasteiger partial charge in [0.15, 0.2) is 0 Å². The number of benzene rings is 2. The molecule has 1 heterocycles. The lowest BCUT2D eigenvalue weighted by atomic mass is 10.0. The fourth-order valence-electron chi connectivity index (χ4n) is 3.20. The van der Waals surface area contributed by atoms with E-state index in [1.54, 1.807) is 30.3 Å². The Bertz CT molecular complexity index is 1120. The van der Waals surface area contributed by atoms with Gasteiger partial charge >= 0.3 is 6.03 Å². The minimum atomic E-state index is -0.783. The van der Waals surface area contributed by atoms with Gasteiger partial charge in [0.25, 0.3) is 11.8 Å². The predicted molar refractivity (Wildman–Crippen MR) is 127 cm³/mol. The monoisotopic (exact) mass is 546 g/mol. The lowest BCUT2D eigenvalue weighted by molar-refractivity contribution is -0.122. The number of hydrogen-bond donors (Lipinski definition) is 1. The van der Waals surface area contributed by atoms with Crippen molar-refractivity contribution in [2.75, 3.05) is 11.5 Å². The van der Waals surface area contributed by atoms with Crippen LogP contribution in [0.5, 0.6) is 5.75 Å². The fourth-order valence-corrected chi connectivity index (χ4v) is 4.08. The van der Waals surface area contributed by atoms with E-state index in [2.05, 4.69) is 43.8 Å². The van der Waals surface area contributed by atoms with E-state index in [9.17, 15) is 14.4 Å². The molecule has 0 radical (unpaired) electrons. The van der Waals surface area contributed by atoms with Gasteiger partial charge in [0.1, 0.15) is 11.3 Å². The molecular weight excluding hydrogens is 528 g/mol. The summed E-state index contributed by atoms with van der Waals surface area (Å²) in [4.78, 5) is 39.0. The molecule has 1 aliphatic rings. The summed E-state index contributed by atoms with van der Waals surface area (Å²) in [5.74, 6) is -0.743. The van der Waals surface area contributed by atoms with E-state index < -0.39 is 17.8 Å². The molecule has 0 bridgehead atoms.